The zero-order chi connectivity index (χ0) is 30.6. The fraction of sp³-hybridized carbons (Fsp3) is 0.0968. The molecule has 44 heavy (non-hydrogen) atoms. The molecule has 0 fully saturated rings. The van der Waals surface area contributed by atoms with Crippen LogP contribution in [0.1, 0.15) is 23.0 Å². The van der Waals surface area contributed by atoms with Gasteiger partial charge in [0.1, 0.15) is 18.1 Å². The largest absolute Gasteiger partial charge is 0.618 e. The lowest BCUT2D eigenvalue weighted by Gasteiger charge is -2.17. The summed E-state index contributed by atoms with van der Waals surface area (Å²) >= 11 is 6.12. The van der Waals surface area contributed by atoms with Crippen LogP contribution >= 0.6 is 11.6 Å². The molecule has 3 aromatic carbocycles. The van der Waals surface area contributed by atoms with Gasteiger partial charge in [-0.25, -0.2) is 14.2 Å². The van der Waals surface area contributed by atoms with Crippen molar-refractivity contribution in [2.24, 2.45) is 0 Å². The Morgan fingerprint density at radius 1 is 1.09 bits per heavy atom. The standard InChI is InChI=1S/C31H24ClFN8O3/c1-44-31(42)36-22-10-7-20(8-11-22)25-16-34-30(37-25)23(15-19-5-3-2-4-6-19)26-13-9-21(17-41(26)43)28-27(40-18-35-38-39-40)14-12-24(32)29(28)33/h2-14,16-18,23H,15H2,1H3,(H,34,37)(H,36,42)/t23-/m1/s1. The van der Waals surface area contributed by atoms with Crippen molar-refractivity contribution in [1.82, 2.24) is 30.2 Å². The van der Waals surface area contributed by atoms with Crippen molar-refractivity contribution >= 4 is 23.4 Å². The Labute approximate surface area is 255 Å². The Balaban J connectivity index is 1.37. The van der Waals surface area contributed by atoms with Crippen LogP contribution in [0.4, 0.5) is 14.9 Å². The molecule has 0 bridgehead atoms. The van der Waals surface area contributed by atoms with Gasteiger partial charge in [-0.3, -0.25) is 5.32 Å². The molecule has 13 heteroatoms. The van der Waals surface area contributed by atoms with Crippen molar-refractivity contribution in [3.63, 3.8) is 0 Å². The predicted molar refractivity (Wildman–Crippen MR) is 161 cm³/mol. The number of nitrogens with zero attached hydrogens (tertiary/aromatic N) is 6. The van der Waals surface area contributed by atoms with Gasteiger partial charge in [0.05, 0.1) is 40.8 Å². The number of methoxy groups -OCH3 is 1. The third kappa shape index (κ3) is 5.83. The first-order valence-electron chi connectivity index (χ1n) is 13.4. The lowest BCUT2D eigenvalue weighted by Crippen LogP contribution is -2.34. The smallest absolute Gasteiger partial charge is 0.411 e. The SMILES string of the molecule is COC(=O)Nc1ccc(-c2cnc([C@H](Cc3ccccc3)c3ccc(-c4c(-n5cnnn5)ccc(Cl)c4F)c[n+]3[O-])[nH]2)cc1. The van der Waals surface area contributed by atoms with Gasteiger partial charge in [-0.2, -0.15) is 9.41 Å². The van der Waals surface area contributed by atoms with E-state index in [1.165, 1.54) is 30.4 Å². The number of halogens is 2. The van der Waals surface area contributed by atoms with E-state index in [1.54, 1.807) is 36.5 Å². The van der Waals surface area contributed by atoms with Gasteiger partial charge < -0.3 is 14.9 Å². The number of carbonyl (C=O) groups is 1. The summed E-state index contributed by atoms with van der Waals surface area (Å²) in [5.74, 6) is -0.598. The van der Waals surface area contributed by atoms with Gasteiger partial charge in [0.15, 0.2) is 12.0 Å². The molecule has 220 valence electrons. The Morgan fingerprint density at radius 2 is 1.86 bits per heavy atom. The normalized spacial score (nSPS) is 11.7. The van der Waals surface area contributed by atoms with Crippen LogP contribution in [0, 0.1) is 11.0 Å². The number of aromatic amines is 1. The summed E-state index contributed by atoms with van der Waals surface area (Å²) in [7, 11) is 1.30. The van der Waals surface area contributed by atoms with E-state index in [0.717, 1.165) is 21.6 Å². The van der Waals surface area contributed by atoms with E-state index < -0.39 is 17.8 Å². The molecule has 0 saturated heterocycles. The maximum atomic E-state index is 15.4. The van der Waals surface area contributed by atoms with Crippen LogP contribution in [0.2, 0.25) is 5.02 Å². The van der Waals surface area contributed by atoms with Crippen LogP contribution in [0.25, 0.3) is 28.1 Å². The molecule has 6 rings (SSSR count). The maximum Gasteiger partial charge on any atom is 0.411 e. The number of carbonyl (C=O) groups excluding carboxylic acids is 1. The summed E-state index contributed by atoms with van der Waals surface area (Å²) in [5.41, 5.74) is 4.25. The fourth-order valence-electron chi connectivity index (χ4n) is 4.94. The highest BCUT2D eigenvalue weighted by Gasteiger charge is 2.27. The third-order valence-corrected chi connectivity index (χ3v) is 7.39. The number of pyridine rings is 1. The molecule has 0 radical (unpaired) electrons. The zero-order valence-corrected chi connectivity index (χ0v) is 23.9. The van der Waals surface area contributed by atoms with Gasteiger partial charge >= 0.3 is 6.09 Å². The van der Waals surface area contributed by atoms with Crippen molar-refractivity contribution in [2.45, 2.75) is 12.3 Å². The summed E-state index contributed by atoms with van der Waals surface area (Å²) in [6.45, 7) is 0. The minimum absolute atomic E-state index is 0.0889. The van der Waals surface area contributed by atoms with Gasteiger partial charge in [0, 0.05) is 11.8 Å². The number of anilines is 1. The van der Waals surface area contributed by atoms with Crippen LogP contribution < -0.4 is 10.0 Å². The van der Waals surface area contributed by atoms with Crippen LogP contribution in [-0.2, 0) is 11.2 Å². The summed E-state index contributed by atoms with van der Waals surface area (Å²) < 4.78 is 22.1. The van der Waals surface area contributed by atoms with Gasteiger partial charge in [-0.05, 0) is 58.3 Å². The van der Waals surface area contributed by atoms with Crippen LogP contribution in [0.5, 0.6) is 0 Å². The number of ether oxygens (including phenoxy) is 1. The first kappa shape index (κ1) is 28.5. The summed E-state index contributed by atoms with van der Waals surface area (Å²) in [6.07, 6.45) is 4.25. The quantitative estimate of drug-likeness (QED) is 0.167. The Kier molecular flexibility index (Phi) is 7.98. The van der Waals surface area contributed by atoms with Crippen LogP contribution in [0.3, 0.4) is 0 Å². The molecule has 1 atom stereocenters. The molecular weight excluding hydrogens is 587 g/mol. The average molecular weight is 611 g/mol. The molecule has 0 aliphatic rings. The molecule has 0 aliphatic carbocycles. The van der Waals surface area contributed by atoms with Gasteiger partial charge in [-0.15, -0.1) is 5.10 Å². The van der Waals surface area contributed by atoms with Crippen LogP contribution in [-0.4, -0.2) is 43.4 Å². The molecule has 1 amide bonds. The van der Waals surface area contributed by atoms with E-state index in [9.17, 15) is 10.0 Å². The number of imidazole rings is 1. The summed E-state index contributed by atoms with van der Waals surface area (Å²) in [6, 6.07) is 23.2. The molecule has 0 aliphatic heterocycles. The van der Waals surface area contributed by atoms with E-state index in [1.807, 2.05) is 42.5 Å². The summed E-state index contributed by atoms with van der Waals surface area (Å²) in [4.78, 5) is 19.5. The maximum absolute atomic E-state index is 15.4. The molecule has 6 aromatic rings. The second-order valence-corrected chi connectivity index (χ2v) is 10.2. The second kappa shape index (κ2) is 12.3. The molecular formula is C31H24ClFN8O3. The highest BCUT2D eigenvalue weighted by atomic mass is 35.5. The minimum atomic E-state index is -0.697. The Hall–Kier alpha value is -5.62. The minimum Gasteiger partial charge on any atom is -0.618 e. The molecule has 0 saturated carbocycles. The molecule has 3 aromatic heterocycles. The van der Waals surface area contributed by atoms with E-state index in [-0.39, 0.29) is 10.6 Å². The van der Waals surface area contributed by atoms with Crippen molar-refractivity contribution in [3.05, 3.63) is 131 Å². The summed E-state index contributed by atoms with van der Waals surface area (Å²) in [5, 5.41) is 27.3. The molecule has 11 nitrogen and oxygen atoms in total. The lowest BCUT2D eigenvalue weighted by molar-refractivity contribution is -0.614. The number of nitrogens with one attached hydrogen (secondary N) is 2. The first-order valence-corrected chi connectivity index (χ1v) is 13.8. The highest BCUT2D eigenvalue weighted by molar-refractivity contribution is 6.31. The Bertz CT molecular complexity index is 1920. The number of aromatic nitrogens is 7. The van der Waals surface area contributed by atoms with Gasteiger partial charge in [-0.1, -0.05) is 54.1 Å². The Morgan fingerprint density at radius 3 is 2.57 bits per heavy atom. The highest BCUT2D eigenvalue weighted by Crippen LogP contribution is 2.34. The van der Waals surface area contributed by atoms with Gasteiger partial charge in [0.25, 0.3) is 0 Å². The molecule has 0 unspecified atom stereocenters. The number of rotatable bonds is 8. The van der Waals surface area contributed by atoms with Crippen molar-refractivity contribution < 1.29 is 18.7 Å². The van der Waals surface area contributed by atoms with Crippen molar-refractivity contribution in [2.75, 3.05) is 12.4 Å². The number of benzene rings is 3. The number of tetrazole rings is 1. The monoisotopic (exact) mass is 610 g/mol. The lowest BCUT2D eigenvalue weighted by atomic mass is 9.94. The van der Waals surface area contributed by atoms with Crippen molar-refractivity contribution in [3.8, 4) is 28.1 Å². The second-order valence-electron chi connectivity index (χ2n) is 9.80. The zero-order valence-electron chi connectivity index (χ0n) is 23.2. The number of hydrogen-bond acceptors (Lipinski definition) is 7. The molecule has 3 heterocycles. The van der Waals surface area contributed by atoms with Crippen molar-refractivity contribution in [1.29, 1.82) is 0 Å². The van der Waals surface area contributed by atoms with E-state index in [4.69, 9.17) is 11.6 Å². The average Bonchev–Trinajstić information content (AvgIpc) is 3.76. The number of H-pyrrole nitrogens is 1. The topological polar surface area (TPSA) is 138 Å². The predicted octanol–water partition coefficient (Wildman–Crippen LogP) is 5.70. The van der Waals surface area contributed by atoms with Crippen LogP contribution in [0.15, 0.2) is 97.6 Å². The van der Waals surface area contributed by atoms with E-state index in [2.05, 4.69) is 35.5 Å². The number of amides is 1. The molecule has 2 N–H and O–H groups in total. The first-order chi connectivity index (χ1) is 21.4. The van der Waals surface area contributed by atoms with E-state index in [0.29, 0.717) is 34.9 Å². The fourth-order valence-corrected chi connectivity index (χ4v) is 5.10. The van der Waals surface area contributed by atoms with Gasteiger partial charge in [0.2, 0.25) is 5.69 Å². The third-order valence-electron chi connectivity index (χ3n) is 7.09. The molecule has 0 spiro atoms. The van der Waals surface area contributed by atoms with E-state index >= 15 is 4.39 Å². The number of hydrogen-bond donors (Lipinski definition) is 2.